The first-order valence-corrected chi connectivity index (χ1v) is 4.34. The van der Waals surface area contributed by atoms with Gasteiger partial charge in [0.05, 0.1) is 6.10 Å². The molecule has 3 heteroatoms. The Labute approximate surface area is 76.4 Å². The Bertz CT molecular complexity index is 335. The van der Waals surface area contributed by atoms with Gasteiger partial charge in [-0.3, -0.25) is 4.79 Å². The minimum Gasteiger partial charge on any atom is -0.388 e. The number of hydrogen-bond donors (Lipinski definition) is 2. The summed E-state index contributed by atoms with van der Waals surface area (Å²) < 4.78 is 0. The number of aliphatic hydroxyl groups is 1. The third-order valence-electron chi connectivity index (χ3n) is 2.24. The second-order valence-corrected chi connectivity index (χ2v) is 3.19. The number of carbonyl (C=O) groups is 1. The largest absolute Gasteiger partial charge is 0.388 e. The number of nitrogens with one attached hydrogen (secondary N) is 1. The second kappa shape index (κ2) is 3.18. The Morgan fingerprint density at radius 2 is 2.15 bits per heavy atom. The SMILES string of the molecule is O=C1CC[C@H](O)c2ccccc2N1. The molecule has 3 nitrogen and oxygen atoms in total. The van der Waals surface area contributed by atoms with Crippen molar-refractivity contribution < 1.29 is 9.90 Å². The van der Waals surface area contributed by atoms with Gasteiger partial charge in [-0.2, -0.15) is 0 Å². The van der Waals surface area contributed by atoms with E-state index in [-0.39, 0.29) is 5.91 Å². The smallest absolute Gasteiger partial charge is 0.224 e. The van der Waals surface area contributed by atoms with Crippen LogP contribution in [0.15, 0.2) is 24.3 Å². The summed E-state index contributed by atoms with van der Waals surface area (Å²) in [5.41, 5.74) is 1.55. The van der Waals surface area contributed by atoms with Crippen molar-refractivity contribution in [3.8, 4) is 0 Å². The zero-order valence-corrected chi connectivity index (χ0v) is 7.16. The molecule has 0 unspecified atom stereocenters. The number of carbonyl (C=O) groups excluding carboxylic acids is 1. The van der Waals surface area contributed by atoms with E-state index in [1.807, 2.05) is 24.3 Å². The summed E-state index contributed by atoms with van der Waals surface area (Å²) >= 11 is 0. The van der Waals surface area contributed by atoms with Gasteiger partial charge >= 0.3 is 0 Å². The predicted octanol–water partition coefficient (Wildman–Crippen LogP) is 1.45. The van der Waals surface area contributed by atoms with Gasteiger partial charge in [0, 0.05) is 17.7 Å². The Morgan fingerprint density at radius 1 is 1.38 bits per heavy atom. The number of amides is 1. The number of hydrogen-bond acceptors (Lipinski definition) is 2. The summed E-state index contributed by atoms with van der Waals surface area (Å²) in [6.07, 6.45) is 0.369. The van der Waals surface area contributed by atoms with Crippen molar-refractivity contribution in [2.24, 2.45) is 0 Å². The highest BCUT2D eigenvalue weighted by Crippen LogP contribution is 2.28. The first-order valence-electron chi connectivity index (χ1n) is 4.34. The fourth-order valence-corrected chi connectivity index (χ4v) is 1.54. The molecule has 0 bridgehead atoms. The topological polar surface area (TPSA) is 49.3 Å². The number of para-hydroxylation sites is 1. The lowest BCUT2D eigenvalue weighted by Crippen LogP contribution is -2.08. The lowest BCUT2D eigenvalue weighted by molar-refractivity contribution is -0.116. The van der Waals surface area contributed by atoms with E-state index < -0.39 is 6.10 Å². The zero-order chi connectivity index (χ0) is 9.26. The Hall–Kier alpha value is -1.35. The van der Waals surface area contributed by atoms with Crippen molar-refractivity contribution in [2.45, 2.75) is 18.9 Å². The van der Waals surface area contributed by atoms with Crippen molar-refractivity contribution in [3.05, 3.63) is 29.8 Å². The number of benzene rings is 1. The van der Waals surface area contributed by atoms with Gasteiger partial charge in [-0.25, -0.2) is 0 Å². The van der Waals surface area contributed by atoms with Crippen molar-refractivity contribution in [2.75, 3.05) is 5.32 Å². The van der Waals surface area contributed by atoms with Crippen molar-refractivity contribution >= 4 is 11.6 Å². The molecule has 1 aromatic carbocycles. The zero-order valence-electron chi connectivity index (χ0n) is 7.16. The standard InChI is InChI=1S/C10H11NO2/c12-9-5-6-10(13)11-8-4-2-1-3-7(8)9/h1-4,9,12H,5-6H2,(H,11,13)/t9-/m0/s1. The van der Waals surface area contributed by atoms with Gasteiger partial charge in [0.2, 0.25) is 5.91 Å². The van der Waals surface area contributed by atoms with Gasteiger partial charge in [0.1, 0.15) is 0 Å². The summed E-state index contributed by atoms with van der Waals surface area (Å²) in [5.74, 6) is -0.0241. The lowest BCUT2D eigenvalue weighted by Gasteiger charge is -2.09. The van der Waals surface area contributed by atoms with Crippen LogP contribution in [0.2, 0.25) is 0 Å². The predicted molar refractivity (Wildman–Crippen MR) is 49.3 cm³/mol. The minimum absolute atomic E-state index is 0.0241. The molecule has 13 heavy (non-hydrogen) atoms. The summed E-state index contributed by atoms with van der Waals surface area (Å²) in [4.78, 5) is 11.2. The minimum atomic E-state index is -0.518. The number of anilines is 1. The van der Waals surface area contributed by atoms with Crippen LogP contribution in [0.5, 0.6) is 0 Å². The van der Waals surface area contributed by atoms with Crippen LogP contribution in [0, 0.1) is 0 Å². The highest BCUT2D eigenvalue weighted by atomic mass is 16.3. The van der Waals surface area contributed by atoms with E-state index in [4.69, 9.17) is 0 Å². The number of fused-ring (bicyclic) bond motifs is 1. The molecule has 1 aromatic rings. The Morgan fingerprint density at radius 3 is 3.00 bits per heavy atom. The Balaban J connectivity index is 2.43. The molecule has 2 N–H and O–H groups in total. The molecule has 1 heterocycles. The third-order valence-corrected chi connectivity index (χ3v) is 2.24. The average molecular weight is 177 g/mol. The van der Waals surface area contributed by atoms with Gasteiger partial charge in [-0.1, -0.05) is 18.2 Å². The molecule has 1 aliphatic heterocycles. The second-order valence-electron chi connectivity index (χ2n) is 3.19. The van der Waals surface area contributed by atoms with Crippen LogP contribution in [0.25, 0.3) is 0 Å². The monoisotopic (exact) mass is 177 g/mol. The Kier molecular flexibility index (Phi) is 2.02. The van der Waals surface area contributed by atoms with E-state index in [1.54, 1.807) is 0 Å². The van der Waals surface area contributed by atoms with Gasteiger partial charge in [0.15, 0.2) is 0 Å². The fraction of sp³-hybridized carbons (Fsp3) is 0.300. The molecule has 0 aromatic heterocycles. The molecule has 0 aliphatic carbocycles. The average Bonchev–Trinajstić information content (AvgIpc) is 2.27. The molecular formula is C10H11NO2. The van der Waals surface area contributed by atoms with Crippen molar-refractivity contribution in [1.82, 2.24) is 0 Å². The maximum atomic E-state index is 11.2. The quantitative estimate of drug-likeness (QED) is 0.630. The van der Waals surface area contributed by atoms with E-state index in [0.717, 1.165) is 11.3 Å². The third kappa shape index (κ3) is 1.55. The molecule has 1 aliphatic rings. The van der Waals surface area contributed by atoms with Crippen LogP contribution >= 0.6 is 0 Å². The molecule has 1 atom stereocenters. The van der Waals surface area contributed by atoms with Crippen LogP contribution in [-0.4, -0.2) is 11.0 Å². The molecule has 1 amide bonds. The number of aliphatic hydroxyl groups excluding tert-OH is 1. The van der Waals surface area contributed by atoms with Crippen LogP contribution in [0.3, 0.4) is 0 Å². The first kappa shape index (κ1) is 8.26. The summed E-state index contributed by atoms with van der Waals surface area (Å²) in [7, 11) is 0. The van der Waals surface area contributed by atoms with Crippen molar-refractivity contribution in [1.29, 1.82) is 0 Å². The molecular weight excluding hydrogens is 166 g/mol. The van der Waals surface area contributed by atoms with Crippen LogP contribution < -0.4 is 5.32 Å². The van der Waals surface area contributed by atoms with E-state index in [2.05, 4.69) is 5.32 Å². The lowest BCUT2D eigenvalue weighted by atomic mass is 10.1. The number of rotatable bonds is 0. The molecule has 68 valence electrons. The molecule has 0 radical (unpaired) electrons. The highest BCUT2D eigenvalue weighted by Gasteiger charge is 2.18. The maximum absolute atomic E-state index is 11.2. The summed E-state index contributed by atoms with van der Waals surface area (Å²) in [6.45, 7) is 0. The van der Waals surface area contributed by atoms with E-state index in [1.165, 1.54) is 0 Å². The highest BCUT2D eigenvalue weighted by molar-refractivity contribution is 5.92. The van der Waals surface area contributed by atoms with Gasteiger partial charge in [-0.15, -0.1) is 0 Å². The van der Waals surface area contributed by atoms with E-state index in [9.17, 15) is 9.90 Å². The fourth-order valence-electron chi connectivity index (χ4n) is 1.54. The van der Waals surface area contributed by atoms with Gasteiger partial charge in [-0.05, 0) is 12.5 Å². The summed E-state index contributed by atoms with van der Waals surface area (Å²) in [5, 5.41) is 12.4. The van der Waals surface area contributed by atoms with Crippen LogP contribution in [0.1, 0.15) is 24.5 Å². The van der Waals surface area contributed by atoms with Gasteiger partial charge in [0.25, 0.3) is 0 Å². The maximum Gasteiger partial charge on any atom is 0.224 e. The van der Waals surface area contributed by atoms with Gasteiger partial charge < -0.3 is 10.4 Å². The van der Waals surface area contributed by atoms with Crippen molar-refractivity contribution in [3.63, 3.8) is 0 Å². The molecule has 0 fully saturated rings. The molecule has 0 saturated heterocycles. The van der Waals surface area contributed by atoms with E-state index >= 15 is 0 Å². The first-order chi connectivity index (χ1) is 6.27. The molecule has 2 rings (SSSR count). The summed E-state index contributed by atoms with van der Waals surface area (Å²) in [6, 6.07) is 7.35. The molecule has 0 spiro atoms. The van der Waals surface area contributed by atoms with E-state index in [0.29, 0.717) is 12.8 Å². The van der Waals surface area contributed by atoms with Crippen LogP contribution in [-0.2, 0) is 4.79 Å². The molecule has 0 saturated carbocycles. The normalized spacial score (nSPS) is 21.6. The van der Waals surface area contributed by atoms with Crippen LogP contribution in [0.4, 0.5) is 5.69 Å².